The first-order chi connectivity index (χ1) is 16.8. The molecule has 1 aliphatic rings. The molecule has 6 nitrogen and oxygen atoms in total. The molecule has 1 aliphatic heterocycles. The quantitative estimate of drug-likeness (QED) is 0.423. The van der Waals surface area contributed by atoms with Crippen LogP contribution >= 0.6 is 0 Å². The molecule has 0 atom stereocenters. The van der Waals surface area contributed by atoms with E-state index in [2.05, 4.69) is 38.4 Å². The fraction of sp³-hybridized carbons (Fsp3) is 0.393. The van der Waals surface area contributed by atoms with Gasteiger partial charge in [-0.1, -0.05) is 12.1 Å². The summed E-state index contributed by atoms with van der Waals surface area (Å²) in [6.07, 6.45) is 5.30. The summed E-state index contributed by atoms with van der Waals surface area (Å²) in [6.45, 7) is 10.1. The maximum absolute atomic E-state index is 14.3. The number of aryl methyl sites for hydroxylation is 2. The predicted molar refractivity (Wildman–Crippen MR) is 138 cm³/mol. The smallest absolute Gasteiger partial charge is 0.255 e. The summed E-state index contributed by atoms with van der Waals surface area (Å²) in [5, 5.41) is 2.90. The topological polar surface area (TPSA) is 67.3 Å². The lowest BCUT2D eigenvalue weighted by molar-refractivity contribution is 0.102. The van der Waals surface area contributed by atoms with E-state index in [9.17, 15) is 9.18 Å². The van der Waals surface area contributed by atoms with E-state index in [-0.39, 0.29) is 11.6 Å². The maximum atomic E-state index is 14.3. The Kier molecular flexibility index (Phi) is 7.45. The van der Waals surface area contributed by atoms with Gasteiger partial charge in [0.15, 0.2) is 0 Å². The molecule has 2 aromatic heterocycles. The molecule has 1 aromatic carbocycles. The fourth-order valence-corrected chi connectivity index (χ4v) is 4.36. The number of fused-ring (bicyclic) bond motifs is 1. The summed E-state index contributed by atoms with van der Waals surface area (Å²) in [4.78, 5) is 23.8. The van der Waals surface area contributed by atoms with Crippen LogP contribution < -0.4 is 10.2 Å². The first kappa shape index (κ1) is 24.8. The van der Waals surface area contributed by atoms with Crippen molar-refractivity contribution in [2.75, 3.05) is 36.5 Å². The number of halogens is 1. The molecular formula is C28H33FN4O2. The van der Waals surface area contributed by atoms with Gasteiger partial charge in [-0.2, -0.15) is 0 Å². The number of alkyl halides is 1. The Morgan fingerprint density at radius 3 is 2.80 bits per heavy atom. The highest BCUT2D eigenvalue weighted by Gasteiger charge is 2.22. The van der Waals surface area contributed by atoms with E-state index in [1.165, 1.54) is 37.4 Å². The van der Waals surface area contributed by atoms with E-state index in [0.717, 1.165) is 49.4 Å². The van der Waals surface area contributed by atoms with Gasteiger partial charge in [-0.05, 0) is 75.9 Å². The number of nitrogens with one attached hydrogen (secondary N) is 1. The lowest BCUT2D eigenvalue weighted by Gasteiger charge is -2.31. The minimum absolute atomic E-state index is 0.218. The van der Waals surface area contributed by atoms with Gasteiger partial charge in [0, 0.05) is 48.4 Å². The summed E-state index contributed by atoms with van der Waals surface area (Å²) in [6, 6.07) is 11.5. The van der Waals surface area contributed by atoms with Crippen LogP contribution in [0.4, 0.5) is 15.8 Å². The van der Waals surface area contributed by atoms with Crippen LogP contribution in [-0.2, 0) is 16.8 Å². The first-order valence-electron chi connectivity index (χ1n) is 12.2. The van der Waals surface area contributed by atoms with E-state index < -0.39 is 5.67 Å². The van der Waals surface area contributed by atoms with Crippen LogP contribution in [0.25, 0.3) is 11.1 Å². The van der Waals surface area contributed by atoms with Gasteiger partial charge in [0.1, 0.15) is 5.67 Å². The monoisotopic (exact) mass is 476 g/mol. The molecule has 1 N–H and O–H groups in total. The third-order valence-electron chi connectivity index (χ3n) is 6.30. The third-order valence-corrected chi connectivity index (χ3v) is 6.30. The average molecular weight is 477 g/mol. The molecule has 35 heavy (non-hydrogen) atoms. The summed E-state index contributed by atoms with van der Waals surface area (Å²) < 4.78 is 19.9. The van der Waals surface area contributed by atoms with Gasteiger partial charge in [0.25, 0.3) is 5.91 Å². The second-order valence-electron chi connectivity index (χ2n) is 9.34. The van der Waals surface area contributed by atoms with E-state index >= 15 is 0 Å². The fourth-order valence-electron chi connectivity index (χ4n) is 4.36. The second kappa shape index (κ2) is 10.5. The van der Waals surface area contributed by atoms with Gasteiger partial charge in [0.2, 0.25) is 0 Å². The number of aromatic nitrogens is 2. The zero-order valence-electron chi connectivity index (χ0n) is 20.9. The molecule has 184 valence electrons. The molecule has 0 saturated carbocycles. The average Bonchev–Trinajstić information content (AvgIpc) is 2.85. The van der Waals surface area contributed by atoms with Crippen molar-refractivity contribution >= 4 is 17.3 Å². The third kappa shape index (κ3) is 5.85. The number of hydrogen-bond donors (Lipinski definition) is 1. The van der Waals surface area contributed by atoms with Crippen molar-refractivity contribution in [2.45, 2.75) is 46.2 Å². The highest BCUT2D eigenvalue weighted by atomic mass is 19.1. The Morgan fingerprint density at radius 2 is 2.03 bits per heavy atom. The molecule has 0 unspecified atom stereocenters. The van der Waals surface area contributed by atoms with Gasteiger partial charge in [-0.25, -0.2) is 4.39 Å². The summed E-state index contributed by atoms with van der Waals surface area (Å²) >= 11 is 0. The van der Waals surface area contributed by atoms with Gasteiger partial charge >= 0.3 is 0 Å². The Morgan fingerprint density at radius 1 is 1.20 bits per heavy atom. The molecule has 0 radical (unpaired) electrons. The van der Waals surface area contributed by atoms with Crippen molar-refractivity contribution in [1.82, 2.24) is 9.97 Å². The van der Waals surface area contributed by atoms with Gasteiger partial charge in [-0.15, -0.1) is 0 Å². The zero-order chi connectivity index (χ0) is 25.0. The lowest BCUT2D eigenvalue weighted by atomic mass is 9.96. The number of hydrogen-bond acceptors (Lipinski definition) is 5. The maximum Gasteiger partial charge on any atom is 0.255 e. The van der Waals surface area contributed by atoms with Gasteiger partial charge in [-0.3, -0.25) is 14.8 Å². The van der Waals surface area contributed by atoms with Crippen LogP contribution in [0.2, 0.25) is 0 Å². The minimum Gasteiger partial charge on any atom is -0.380 e. The van der Waals surface area contributed by atoms with Crippen molar-refractivity contribution in [3.05, 3.63) is 71.3 Å². The first-order valence-corrected chi connectivity index (χ1v) is 12.2. The zero-order valence-corrected chi connectivity index (χ0v) is 20.9. The van der Waals surface area contributed by atoms with Crippen LogP contribution in [0.3, 0.4) is 0 Å². The van der Waals surface area contributed by atoms with Crippen molar-refractivity contribution in [3.8, 4) is 11.1 Å². The number of anilines is 2. The van der Waals surface area contributed by atoms with E-state index in [1.54, 1.807) is 12.3 Å². The number of ether oxygens (including phenoxy) is 1. The Hall–Kier alpha value is -3.32. The van der Waals surface area contributed by atoms with E-state index in [1.807, 2.05) is 19.9 Å². The Bertz CT molecular complexity index is 1210. The van der Waals surface area contributed by atoms with Crippen molar-refractivity contribution in [1.29, 1.82) is 0 Å². The molecule has 3 aromatic rings. The standard InChI is InChI=1S/C28H33FN4O2/c1-5-35-14-13-33-12-6-7-20-8-9-21(15-25(20)33)24-17-23(18-31-19(24)2)32-27(34)22-10-11-30-26(16-22)28(3,4)29/h8-11,15-18H,5-7,12-14H2,1-4H3,(H,32,34). The molecule has 0 aliphatic carbocycles. The molecule has 0 spiro atoms. The minimum atomic E-state index is -1.63. The number of carbonyl (C=O) groups is 1. The second-order valence-corrected chi connectivity index (χ2v) is 9.34. The number of carbonyl (C=O) groups excluding carboxylic acids is 1. The molecule has 3 heterocycles. The highest BCUT2D eigenvalue weighted by Crippen LogP contribution is 2.34. The van der Waals surface area contributed by atoms with Crippen molar-refractivity contribution < 1.29 is 13.9 Å². The summed E-state index contributed by atoms with van der Waals surface area (Å²) in [7, 11) is 0. The van der Waals surface area contributed by atoms with Crippen molar-refractivity contribution in [2.24, 2.45) is 0 Å². The summed E-state index contributed by atoms with van der Waals surface area (Å²) in [5.41, 5.74) is 5.00. The number of pyridine rings is 2. The summed E-state index contributed by atoms with van der Waals surface area (Å²) in [5.74, 6) is -0.331. The normalized spacial score (nSPS) is 13.5. The number of rotatable bonds is 8. The SMILES string of the molecule is CCOCCN1CCCc2ccc(-c3cc(NC(=O)c4ccnc(C(C)(C)F)c4)cnc3C)cc21. The molecule has 0 saturated heterocycles. The molecular weight excluding hydrogens is 443 g/mol. The van der Waals surface area contributed by atoms with Crippen LogP contribution in [0, 0.1) is 6.92 Å². The number of amides is 1. The lowest BCUT2D eigenvalue weighted by Crippen LogP contribution is -2.32. The van der Waals surface area contributed by atoms with E-state index in [4.69, 9.17) is 4.74 Å². The molecule has 7 heteroatoms. The van der Waals surface area contributed by atoms with Crippen molar-refractivity contribution in [3.63, 3.8) is 0 Å². The highest BCUT2D eigenvalue weighted by molar-refractivity contribution is 6.04. The van der Waals surface area contributed by atoms with Crippen LogP contribution in [0.5, 0.6) is 0 Å². The number of benzene rings is 1. The number of nitrogens with zero attached hydrogens (tertiary/aromatic N) is 3. The van der Waals surface area contributed by atoms with Crippen LogP contribution in [-0.4, -0.2) is 42.2 Å². The van der Waals surface area contributed by atoms with Gasteiger partial charge < -0.3 is 15.0 Å². The molecule has 4 rings (SSSR count). The molecule has 0 fully saturated rings. The molecule has 0 bridgehead atoms. The molecule has 1 amide bonds. The largest absolute Gasteiger partial charge is 0.380 e. The van der Waals surface area contributed by atoms with Gasteiger partial charge in [0.05, 0.1) is 24.2 Å². The predicted octanol–water partition coefficient (Wildman–Crippen LogP) is 5.70. The van der Waals surface area contributed by atoms with Crippen LogP contribution in [0.15, 0.2) is 48.8 Å². The van der Waals surface area contributed by atoms with E-state index in [0.29, 0.717) is 17.9 Å². The Labute approximate surface area is 206 Å². The Balaban J connectivity index is 1.58. The van der Waals surface area contributed by atoms with Crippen LogP contribution in [0.1, 0.15) is 54.5 Å².